The summed E-state index contributed by atoms with van der Waals surface area (Å²) >= 11 is 0. The van der Waals surface area contributed by atoms with E-state index in [2.05, 4.69) is 20.8 Å². The molecule has 0 saturated carbocycles. The van der Waals surface area contributed by atoms with Gasteiger partial charge in [0.25, 0.3) is 11.8 Å². The molecule has 1 aliphatic heterocycles. The number of hydrogen-bond acceptors (Lipinski definition) is 2. The highest BCUT2D eigenvalue weighted by atomic mass is 16.2. The van der Waals surface area contributed by atoms with Crippen LogP contribution in [0.5, 0.6) is 0 Å². The molecule has 0 aromatic rings. The molecule has 0 spiro atoms. The van der Waals surface area contributed by atoms with Crippen LogP contribution < -0.4 is 0 Å². The Kier molecular flexibility index (Phi) is 3.09. The Morgan fingerprint density at radius 2 is 1.64 bits per heavy atom. The first-order valence-electron chi connectivity index (χ1n) is 4.94. The van der Waals surface area contributed by atoms with Gasteiger partial charge in [0.1, 0.15) is 0 Å². The Hall–Kier alpha value is -1.12. The first-order chi connectivity index (χ1) is 6.40. The number of hydrogen-bond donors (Lipinski definition) is 0. The predicted octanol–water partition coefficient (Wildman–Crippen LogP) is 1.74. The second kappa shape index (κ2) is 3.95. The molecule has 0 atom stereocenters. The molecule has 78 valence electrons. The van der Waals surface area contributed by atoms with Crippen LogP contribution in [0.2, 0.25) is 0 Å². The normalized spacial score (nSPS) is 16.9. The van der Waals surface area contributed by atoms with Gasteiger partial charge in [-0.1, -0.05) is 20.8 Å². The minimum Gasteiger partial charge on any atom is -0.275 e. The monoisotopic (exact) mass is 195 g/mol. The summed E-state index contributed by atoms with van der Waals surface area (Å²) in [5, 5.41) is 0. The molecule has 2 amide bonds. The molecule has 1 heterocycles. The summed E-state index contributed by atoms with van der Waals surface area (Å²) < 4.78 is 0. The maximum Gasteiger partial charge on any atom is 0.253 e. The van der Waals surface area contributed by atoms with E-state index in [1.54, 1.807) is 0 Å². The average Bonchev–Trinajstić information content (AvgIpc) is 2.33. The van der Waals surface area contributed by atoms with E-state index < -0.39 is 0 Å². The third-order valence-corrected chi connectivity index (χ3v) is 2.21. The van der Waals surface area contributed by atoms with E-state index in [4.69, 9.17) is 0 Å². The summed E-state index contributed by atoms with van der Waals surface area (Å²) in [6.07, 6.45) is 4.56. The Labute approximate surface area is 84.8 Å². The van der Waals surface area contributed by atoms with Crippen LogP contribution in [0.4, 0.5) is 0 Å². The SMILES string of the molecule is CC(C)(C)CCCN1C(=O)C=CC1=O. The number of carbonyl (C=O) groups is 2. The second-order valence-corrected chi connectivity index (χ2v) is 4.83. The summed E-state index contributed by atoms with van der Waals surface area (Å²) in [5.41, 5.74) is 0.263. The molecular formula is C11H17NO2. The van der Waals surface area contributed by atoms with Gasteiger partial charge in [-0.15, -0.1) is 0 Å². The molecule has 1 aliphatic rings. The van der Waals surface area contributed by atoms with Crippen LogP contribution in [0.3, 0.4) is 0 Å². The fraction of sp³-hybridized carbons (Fsp3) is 0.636. The highest BCUT2D eigenvalue weighted by Gasteiger charge is 2.23. The van der Waals surface area contributed by atoms with Crippen molar-refractivity contribution in [2.45, 2.75) is 33.6 Å². The van der Waals surface area contributed by atoms with E-state index in [1.165, 1.54) is 17.1 Å². The molecule has 0 saturated heterocycles. The summed E-state index contributed by atoms with van der Waals surface area (Å²) in [5.74, 6) is -0.354. The lowest BCUT2D eigenvalue weighted by Gasteiger charge is -2.20. The van der Waals surface area contributed by atoms with E-state index in [9.17, 15) is 9.59 Å². The molecule has 1 rings (SSSR count). The van der Waals surface area contributed by atoms with Gasteiger partial charge in [-0.3, -0.25) is 14.5 Å². The molecule has 14 heavy (non-hydrogen) atoms. The van der Waals surface area contributed by atoms with Crippen molar-refractivity contribution in [2.75, 3.05) is 6.54 Å². The Bertz CT molecular complexity index is 256. The number of rotatable bonds is 3. The smallest absolute Gasteiger partial charge is 0.253 e. The van der Waals surface area contributed by atoms with Crippen molar-refractivity contribution in [1.29, 1.82) is 0 Å². The van der Waals surface area contributed by atoms with Crippen molar-refractivity contribution in [2.24, 2.45) is 5.41 Å². The van der Waals surface area contributed by atoms with E-state index in [0.717, 1.165) is 12.8 Å². The molecule has 0 aliphatic carbocycles. The van der Waals surface area contributed by atoms with E-state index in [-0.39, 0.29) is 17.2 Å². The Morgan fingerprint density at radius 1 is 1.14 bits per heavy atom. The first kappa shape index (κ1) is 11.0. The van der Waals surface area contributed by atoms with E-state index in [0.29, 0.717) is 6.54 Å². The Balaban J connectivity index is 2.33. The molecule has 0 aromatic carbocycles. The first-order valence-corrected chi connectivity index (χ1v) is 4.94. The zero-order valence-corrected chi connectivity index (χ0v) is 9.04. The van der Waals surface area contributed by atoms with Crippen molar-refractivity contribution in [1.82, 2.24) is 4.90 Å². The van der Waals surface area contributed by atoms with Crippen LogP contribution >= 0.6 is 0 Å². The lowest BCUT2D eigenvalue weighted by Crippen LogP contribution is -2.31. The second-order valence-electron chi connectivity index (χ2n) is 4.83. The summed E-state index contributed by atoms with van der Waals surface area (Å²) in [6, 6.07) is 0. The summed E-state index contributed by atoms with van der Waals surface area (Å²) in [7, 11) is 0. The van der Waals surface area contributed by atoms with Gasteiger partial charge in [0, 0.05) is 18.7 Å². The van der Waals surface area contributed by atoms with Crippen molar-refractivity contribution in [3.8, 4) is 0 Å². The highest BCUT2D eigenvalue weighted by molar-refractivity contribution is 6.12. The van der Waals surface area contributed by atoms with Gasteiger partial charge in [-0.05, 0) is 18.3 Å². The zero-order chi connectivity index (χ0) is 10.8. The molecule has 0 radical (unpaired) electrons. The molecule has 0 fully saturated rings. The molecule has 3 heteroatoms. The number of carbonyl (C=O) groups excluding carboxylic acids is 2. The standard InChI is InChI=1S/C11H17NO2/c1-11(2,3)7-4-8-12-9(13)5-6-10(12)14/h5-6H,4,7-8H2,1-3H3. The molecular weight excluding hydrogens is 178 g/mol. The highest BCUT2D eigenvalue weighted by Crippen LogP contribution is 2.21. The molecule has 0 aromatic heterocycles. The lowest BCUT2D eigenvalue weighted by atomic mass is 9.90. The minimum atomic E-state index is -0.177. The third kappa shape index (κ3) is 2.98. The van der Waals surface area contributed by atoms with Gasteiger partial charge in [0.2, 0.25) is 0 Å². The molecule has 3 nitrogen and oxygen atoms in total. The zero-order valence-electron chi connectivity index (χ0n) is 9.04. The van der Waals surface area contributed by atoms with Crippen LogP contribution in [0, 0.1) is 5.41 Å². The van der Waals surface area contributed by atoms with Crippen LogP contribution in [-0.4, -0.2) is 23.3 Å². The van der Waals surface area contributed by atoms with Gasteiger partial charge in [-0.25, -0.2) is 0 Å². The summed E-state index contributed by atoms with van der Waals surface area (Å²) in [6.45, 7) is 7.00. The summed E-state index contributed by atoms with van der Waals surface area (Å²) in [4.78, 5) is 23.6. The number of imide groups is 1. The molecule has 0 N–H and O–H groups in total. The third-order valence-electron chi connectivity index (χ3n) is 2.21. The van der Waals surface area contributed by atoms with Gasteiger partial charge in [0.05, 0.1) is 0 Å². The van der Waals surface area contributed by atoms with Gasteiger partial charge < -0.3 is 0 Å². The quantitative estimate of drug-likeness (QED) is 0.643. The van der Waals surface area contributed by atoms with Crippen LogP contribution in [0.1, 0.15) is 33.6 Å². The fourth-order valence-corrected chi connectivity index (χ4v) is 1.42. The largest absolute Gasteiger partial charge is 0.275 e. The maximum atomic E-state index is 11.2. The fourth-order valence-electron chi connectivity index (χ4n) is 1.42. The van der Waals surface area contributed by atoms with Gasteiger partial charge in [-0.2, -0.15) is 0 Å². The minimum absolute atomic E-state index is 0.177. The Morgan fingerprint density at radius 3 is 2.07 bits per heavy atom. The van der Waals surface area contributed by atoms with Crippen molar-refractivity contribution >= 4 is 11.8 Å². The average molecular weight is 195 g/mol. The number of amides is 2. The van der Waals surface area contributed by atoms with Gasteiger partial charge >= 0.3 is 0 Å². The van der Waals surface area contributed by atoms with Crippen molar-refractivity contribution in [3.63, 3.8) is 0 Å². The van der Waals surface area contributed by atoms with Crippen LogP contribution in [-0.2, 0) is 9.59 Å². The van der Waals surface area contributed by atoms with Gasteiger partial charge in [0.15, 0.2) is 0 Å². The van der Waals surface area contributed by atoms with Crippen molar-refractivity contribution in [3.05, 3.63) is 12.2 Å². The molecule has 0 unspecified atom stereocenters. The van der Waals surface area contributed by atoms with Crippen LogP contribution in [0.15, 0.2) is 12.2 Å². The van der Waals surface area contributed by atoms with Crippen molar-refractivity contribution < 1.29 is 9.59 Å². The van der Waals surface area contributed by atoms with Crippen LogP contribution in [0.25, 0.3) is 0 Å². The predicted molar refractivity (Wildman–Crippen MR) is 54.5 cm³/mol. The maximum absolute atomic E-state index is 11.2. The lowest BCUT2D eigenvalue weighted by molar-refractivity contribution is -0.136. The van der Waals surface area contributed by atoms with E-state index >= 15 is 0 Å². The number of nitrogens with zero attached hydrogens (tertiary/aromatic N) is 1. The topological polar surface area (TPSA) is 37.4 Å². The molecule has 0 bridgehead atoms. The van der Waals surface area contributed by atoms with E-state index in [1.807, 2.05) is 0 Å².